The van der Waals surface area contributed by atoms with Crippen molar-refractivity contribution in [2.24, 2.45) is 0 Å². The van der Waals surface area contributed by atoms with Crippen molar-refractivity contribution in [2.75, 3.05) is 5.32 Å². The van der Waals surface area contributed by atoms with Gasteiger partial charge in [0.1, 0.15) is 4.83 Å². The monoisotopic (exact) mass is 334 g/mol. The van der Waals surface area contributed by atoms with Gasteiger partial charge in [-0.25, -0.2) is 4.68 Å². The quantitative estimate of drug-likeness (QED) is 0.615. The Labute approximate surface area is 142 Å². The summed E-state index contributed by atoms with van der Waals surface area (Å²) in [5, 5.41) is 8.46. The highest BCUT2D eigenvalue weighted by molar-refractivity contribution is 7.20. The zero-order chi connectivity index (χ0) is 16.5. The van der Waals surface area contributed by atoms with E-state index in [9.17, 15) is 4.79 Å². The Kier molecular flexibility index (Phi) is 3.59. The molecule has 1 amide bonds. The first-order valence-corrected chi connectivity index (χ1v) is 8.30. The maximum atomic E-state index is 12.5. The summed E-state index contributed by atoms with van der Waals surface area (Å²) in [6.07, 6.45) is 3.30. The number of nitrogens with zero attached hydrogens (tertiary/aromatic N) is 3. The van der Waals surface area contributed by atoms with Gasteiger partial charge in [0.25, 0.3) is 5.91 Å². The fraction of sp³-hybridized carbons (Fsp3) is 0.0556. The summed E-state index contributed by atoms with van der Waals surface area (Å²) in [5.74, 6) is -0.136. The van der Waals surface area contributed by atoms with Crippen LogP contribution < -0.4 is 5.32 Å². The molecule has 4 aromatic rings. The Bertz CT molecular complexity index is 1010. The number of thiophene rings is 1. The highest BCUT2D eigenvalue weighted by Gasteiger charge is 2.17. The molecule has 1 aromatic carbocycles. The van der Waals surface area contributed by atoms with Gasteiger partial charge in [0.2, 0.25) is 0 Å². The number of hydrogen-bond acceptors (Lipinski definition) is 4. The Hall–Kier alpha value is -2.99. The van der Waals surface area contributed by atoms with Crippen LogP contribution >= 0.6 is 11.3 Å². The van der Waals surface area contributed by atoms with Crippen LogP contribution in [0.15, 0.2) is 60.9 Å². The maximum Gasteiger partial charge on any atom is 0.265 e. The highest BCUT2D eigenvalue weighted by atomic mass is 32.1. The lowest BCUT2D eigenvalue weighted by Gasteiger charge is -2.02. The van der Waals surface area contributed by atoms with Crippen LogP contribution in [0.5, 0.6) is 0 Å². The summed E-state index contributed by atoms with van der Waals surface area (Å²) in [5.41, 5.74) is 2.57. The number of fused-ring (bicyclic) bond motifs is 1. The molecule has 5 nitrogen and oxygen atoms in total. The van der Waals surface area contributed by atoms with Crippen molar-refractivity contribution >= 4 is 33.1 Å². The van der Waals surface area contributed by atoms with Crippen LogP contribution in [0.2, 0.25) is 0 Å². The number of pyridine rings is 1. The van der Waals surface area contributed by atoms with Crippen LogP contribution in [0.25, 0.3) is 15.9 Å². The number of para-hydroxylation sites is 1. The minimum absolute atomic E-state index is 0.136. The third-order valence-electron chi connectivity index (χ3n) is 3.69. The zero-order valence-corrected chi connectivity index (χ0v) is 13.7. The van der Waals surface area contributed by atoms with E-state index in [1.165, 1.54) is 11.3 Å². The van der Waals surface area contributed by atoms with Crippen LogP contribution in [-0.4, -0.2) is 20.7 Å². The number of nitrogens with one attached hydrogen (secondary N) is 1. The first-order valence-electron chi connectivity index (χ1n) is 7.48. The fourth-order valence-corrected chi connectivity index (χ4v) is 3.61. The van der Waals surface area contributed by atoms with Gasteiger partial charge in [0, 0.05) is 11.6 Å². The predicted molar refractivity (Wildman–Crippen MR) is 95.9 cm³/mol. The van der Waals surface area contributed by atoms with Crippen molar-refractivity contribution in [1.29, 1.82) is 0 Å². The summed E-state index contributed by atoms with van der Waals surface area (Å²) in [7, 11) is 0. The average Bonchev–Trinajstić information content (AvgIpc) is 3.18. The first kappa shape index (κ1) is 14.6. The lowest BCUT2D eigenvalue weighted by atomic mass is 10.3. The number of aromatic nitrogens is 3. The second-order valence-electron chi connectivity index (χ2n) is 5.36. The van der Waals surface area contributed by atoms with E-state index in [4.69, 9.17) is 0 Å². The summed E-state index contributed by atoms with van der Waals surface area (Å²) >= 11 is 1.43. The molecular weight excluding hydrogens is 320 g/mol. The molecule has 1 N–H and O–H groups in total. The topological polar surface area (TPSA) is 59.8 Å². The van der Waals surface area contributed by atoms with Gasteiger partial charge in [-0.1, -0.05) is 18.2 Å². The van der Waals surface area contributed by atoms with Gasteiger partial charge in [-0.15, -0.1) is 11.3 Å². The molecule has 6 heteroatoms. The summed E-state index contributed by atoms with van der Waals surface area (Å²) in [6, 6.07) is 15.4. The van der Waals surface area contributed by atoms with Crippen molar-refractivity contribution in [3.8, 4) is 5.69 Å². The number of rotatable bonds is 3. The van der Waals surface area contributed by atoms with E-state index < -0.39 is 0 Å². The Balaban J connectivity index is 1.72. The standard InChI is InChI=1S/C18H14N4OS/c1-12-15-10-16(17(23)20-13-6-5-9-19-11-13)24-18(15)22(21-12)14-7-3-2-4-8-14/h2-11H,1H3,(H,20,23). The van der Waals surface area contributed by atoms with Crippen molar-refractivity contribution in [3.63, 3.8) is 0 Å². The van der Waals surface area contributed by atoms with Crippen LogP contribution in [0.4, 0.5) is 5.69 Å². The molecule has 0 aliphatic rings. The van der Waals surface area contributed by atoms with E-state index in [2.05, 4.69) is 15.4 Å². The lowest BCUT2D eigenvalue weighted by molar-refractivity contribution is 0.103. The van der Waals surface area contributed by atoms with Gasteiger partial charge in [-0.3, -0.25) is 9.78 Å². The largest absolute Gasteiger partial charge is 0.320 e. The number of amides is 1. The number of carbonyl (C=O) groups is 1. The SMILES string of the molecule is Cc1nn(-c2ccccc2)c2sc(C(=O)Nc3cccnc3)cc12. The molecule has 3 heterocycles. The van der Waals surface area contributed by atoms with E-state index in [-0.39, 0.29) is 5.91 Å². The molecule has 24 heavy (non-hydrogen) atoms. The third kappa shape index (κ3) is 2.57. The van der Waals surface area contributed by atoms with Gasteiger partial charge in [-0.2, -0.15) is 5.10 Å². The van der Waals surface area contributed by atoms with Crippen LogP contribution in [0, 0.1) is 6.92 Å². The van der Waals surface area contributed by atoms with Crippen molar-refractivity contribution < 1.29 is 4.79 Å². The van der Waals surface area contributed by atoms with Crippen molar-refractivity contribution in [1.82, 2.24) is 14.8 Å². The number of carbonyl (C=O) groups excluding carboxylic acids is 1. The Morgan fingerprint density at radius 1 is 1.17 bits per heavy atom. The highest BCUT2D eigenvalue weighted by Crippen LogP contribution is 2.30. The second kappa shape index (κ2) is 5.90. The summed E-state index contributed by atoms with van der Waals surface area (Å²) in [6.45, 7) is 1.96. The zero-order valence-electron chi connectivity index (χ0n) is 12.9. The molecule has 0 unspecified atom stereocenters. The lowest BCUT2D eigenvalue weighted by Crippen LogP contribution is -2.10. The minimum Gasteiger partial charge on any atom is -0.320 e. The summed E-state index contributed by atoms with van der Waals surface area (Å²) < 4.78 is 1.89. The van der Waals surface area contributed by atoms with Gasteiger partial charge < -0.3 is 5.32 Å². The molecule has 0 aliphatic heterocycles. The van der Waals surface area contributed by atoms with Gasteiger partial charge in [-0.05, 0) is 37.3 Å². The number of hydrogen-bond donors (Lipinski definition) is 1. The Morgan fingerprint density at radius 2 is 2.00 bits per heavy atom. The third-order valence-corrected chi connectivity index (χ3v) is 4.80. The molecule has 0 saturated carbocycles. The molecular formula is C18H14N4OS. The van der Waals surface area contributed by atoms with E-state index in [1.54, 1.807) is 18.5 Å². The second-order valence-corrected chi connectivity index (χ2v) is 6.39. The molecule has 0 bridgehead atoms. The molecule has 118 valence electrons. The van der Waals surface area contributed by atoms with E-state index in [1.807, 2.05) is 54.1 Å². The van der Waals surface area contributed by atoms with Gasteiger partial charge in [0.15, 0.2) is 0 Å². The fourth-order valence-electron chi connectivity index (χ4n) is 2.53. The minimum atomic E-state index is -0.136. The van der Waals surface area contributed by atoms with E-state index >= 15 is 0 Å². The molecule has 0 spiro atoms. The van der Waals surface area contributed by atoms with E-state index in [0.29, 0.717) is 10.6 Å². The predicted octanol–water partition coefficient (Wildman–Crippen LogP) is 4.04. The van der Waals surface area contributed by atoms with E-state index in [0.717, 1.165) is 21.6 Å². The number of anilines is 1. The normalized spacial score (nSPS) is 10.9. The molecule has 0 radical (unpaired) electrons. The van der Waals surface area contributed by atoms with Crippen LogP contribution in [0.1, 0.15) is 15.4 Å². The van der Waals surface area contributed by atoms with Crippen LogP contribution in [0.3, 0.4) is 0 Å². The molecule has 0 saturated heterocycles. The first-order chi connectivity index (χ1) is 11.7. The number of benzene rings is 1. The maximum absolute atomic E-state index is 12.5. The van der Waals surface area contributed by atoms with Crippen molar-refractivity contribution in [3.05, 3.63) is 71.5 Å². The van der Waals surface area contributed by atoms with Crippen molar-refractivity contribution in [2.45, 2.75) is 6.92 Å². The molecule has 3 aromatic heterocycles. The van der Waals surface area contributed by atoms with Gasteiger partial charge >= 0.3 is 0 Å². The average molecular weight is 334 g/mol. The smallest absolute Gasteiger partial charge is 0.265 e. The van der Waals surface area contributed by atoms with Gasteiger partial charge in [0.05, 0.1) is 28.1 Å². The molecule has 4 rings (SSSR count). The number of aryl methyl sites for hydroxylation is 1. The molecule has 0 aliphatic carbocycles. The molecule has 0 atom stereocenters. The molecule has 0 fully saturated rings. The summed E-state index contributed by atoms with van der Waals surface area (Å²) in [4.78, 5) is 18.1. The Morgan fingerprint density at radius 3 is 2.75 bits per heavy atom. The van der Waals surface area contributed by atoms with Crippen LogP contribution in [-0.2, 0) is 0 Å².